The van der Waals surface area contributed by atoms with Gasteiger partial charge in [-0.15, -0.1) is 5.10 Å². The standard InChI is InChI=1S/C6H9N3O3/c1-8-5(10)4(12-3)7-9(2)6(8)11/h1-3H3. The van der Waals surface area contributed by atoms with Crippen molar-refractivity contribution in [1.82, 2.24) is 14.3 Å². The second kappa shape index (κ2) is 2.80. The summed E-state index contributed by atoms with van der Waals surface area (Å²) in [7, 11) is 4.15. The Kier molecular flexibility index (Phi) is 1.99. The van der Waals surface area contributed by atoms with Gasteiger partial charge in [-0.3, -0.25) is 9.36 Å². The molecule has 0 fully saturated rings. The van der Waals surface area contributed by atoms with E-state index in [4.69, 9.17) is 0 Å². The van der Waals surface area contributed by atoms with Crippen molar-refractivity contribution in [3.63, 3.8) is 0 Å². The minimum absolute atomic E-state index is 0.0837. The van der Waals surface area contributed by atoms with Gasteiger partial charge in [0.2, 0.25) is 0 Å². The van der Waals surface area contributed by atoms with Crippen LogP contribution < -0.4 is 16.0 Å². The molecule has 1 rings (SSSR count). The van der Waals surface area contributed by atoms with Crippen molar-refractivity contribution in [1.29, 1.82) is 0 Å². The molecule has 0 amide bonds. The lowest BCUT2D eigenvalue weighted by Gasteiger charge is -2.02. The second-order valence-electron chi connectivity index (χ2n) is 2.28. The fourth-order valence-corrected chi connectivity index (χ4v) is 0.797. The molecule has 0 saturated heterocycles. The smallest absolute Gasteiger partial charge is 0.347 e. The number of hydrogen-bond acceptors (Lipinski definition) is 4. The van der Waals surface area contributed by atoms with E-state index < -0.39 is 11.2 Å². The van der Waals surface area contributed by atoms with Crippen LogP contribution in [0.2, 0.25) is 0 Å². The summed E-state index contributed by atoms with van der Waals surface area (Å²) in [5.74, 6) is -0.0837. The second-order valence-corrected chi connectivity index (χ2v) is 2.28. The maximum atomic E-state index is 11.1. The average Bonchev–Trinajstić information content (AvgIpc) is 2.08. The van der Waals surface area contributed by atoms with Gasteiger partial charge in [0.05, 0.1) is 7.11 Å². The van der Waals surface area contributed by atoms with Crippen LogP contribution in [-0.2, 0) is 14.1 Å². The zero-order chi connectivity index (χ0) is 9.30. The van der Waals surface area contributed by atoms with Crippen LogP contribution in [-0.4, -0.2) is 21.5 Å². The number of aromatic nitrogens is 3. The maximum absolute atomic E-state index is 11.1. The van der Waals surface area contributed by atoms with Gasteiger partial charge >= 0.3 is 11.2 Å². The Morgan fingerprint density at radius 2 is 1.92 bits per heavy atom. The Morgan fingerprint density at radius 1 is 1.33 bits per heavy atom. The van der Waals surface area contributed by atoms with Crippen LogP contribution in [0.4, 0.5) is 0 Å². The third kappa shape index (κ3) is 1.11. The lowest BCUT2D eigenvalue weighted by atomic mass is 10.7. The van der Waals surface area contributed by atoms with Crippen LogP contribution in [0.15, 0.2) is 9.59 Å². The summed E-state index contributed by atoms with van der Waals surface area (Å²) >= 11 is 0. The first-order chi connectivity index (χ1) is 5.57. The van der Waals surface area contributed by atoms with E-state index in [0.717, 1.165) is 9.25 Å². The van der Waals surface area contributed by atoms with E-state index in [2.05, 4.69) is 9.84 Å². The minimum Gasteiger partial charge on any atom is -0.476 e. The molecule has 6 nitrogen and oxygen atoms in total. The molecule has 1 aromatic rings. The number of methoxy groups -OCH3 is 1. The van der Waals surface area contributed by atoms with E-state index in [9.17, 15) is 9.59 Å². The average molecular weight is 171 g/mol. The first-order valence-electron chi connectivity index (χ1n) is 3.26. The van der Waals surface area contributed by atoms with E-state index in [-0.39, 0.29) is 5.88 Å². The van der Waals surface area contributed by atoms with Crippen LogP contribution in [0.25, 0.3) is 0 Å². The molecule has 0 saturated carbocycles. The van der Waals surface area contributed by atoms with Gasteiger partial charge in [-0.05, 0) is 0 Å². The van der Waals surface area contributed by atoms with Crippen LogP contribution in [0, 0.1) is 0 Å². The molecular formula is C6H9N3O3. The van der Waals surface area contributed by atoms with Crippen molar-refractivity contribution in [2.45, 2.75) is 0 Å². The Labute approximate surface area is 68.0 Å². The van der Waals surface area contributed by atoms with Crippen molar-refractivity contribution in [2.75, 3.05) is 7.11 Å². The van der Waals surface area contributed by atoms with E-state index in [1.54, 1.807) is 0 Å². The highest BCUT2D eigenvalue weighted by Crippen LogP contribution is 1.88. The van der Waals surface area contributed by atoms with Crippen molar-refractivity contribution in [3.05, 3.63) is 20.8 Å². The predicted molar refractivity (Wildman–Crippen MR) is 41.3 cm³/mol. The van der Waals surface area contributed by atoms with E-state index in [0.29, 0.717) is 0 Å². The highest BCUT2D eigenvalue weighted by molar-refractivity contribution is 5.00. The zero-order valence-corrected chi connectivity index (χ0v) is 7.07. The molecule has 1 aromatic heterocycles. The fourth-order valence-electron chi connectivity index (χ4n) is 0.797. The molecule has 0 aliphatic carbocycles. The Bertz CT molecular complexity index is 403. The zero-order valence-electron chi connectivity index (χ0n) is 7.07. The fraction of sp³-hybridized carbons (Fsp3) is 0.500. The maximum Gasteiger partial charge on any atom is 0.347 e. The topological polar surface area (TPSA) is 66.1 Å². The minimum atomic E-state index is -0.527. The summed E-state index contributed by atoms with van der Waals surface area (Å²) < 4.78 is 6.64. The lowest BCUT2D eigenvalue weighted by Crippen LogP contribution is -2.38. The molecule has 1 heterocycles. The van der Waals surface area contributed by atoms with Crippen molar-refractivity contribution >= 4 is 0 Å². The highest BCUT2D eigenvalue weighted by atomic mass is 16.5. The molecule has 0 spiro atoms. The predicted octanol–water partition coefficient (Wildman–Crippen LogP) is -1.51. The molecule has 0 atom stereocenters. The summed E-state index contributed by atoms with van der Waals surface area (Å²) in [5, 5.41) is 3.60. The van der Waals surface area contributed by atoms with Gasteiger partial charge in [-0.2, -0.15) is 0 Å². The van der Waals surface area contributed by atoms with Crippen LogP contribution in [0.1, 0.15) is 0 Å². The van der Waals surface area contributed by atoms with Gasteiger partial charge < -0.3 is 4.74 Å². The monoisotopic (exact) mass is 171 g/mol. The molecule has 0 bridgehead atoms. The summed E-state index contributed by atoms with van der Waals surface area (Å²) in [4.78, 5) is 22.2. The largest absolute Gasteiger partial charge is 0.476 e. The summed E-state index contributed by atoms with van der Waals surface area (Å²) in [5.41, 5.74) is -0.999. The molecule has 6 heteroatoms. The first kappa shape index (κ1) is 8.51. The third-order valence-electron chi connectivity index (χ3n) is 1.49. The highest BCUT2D eigenvalue weighted by Gasteiger charge is 2.06. The number of rotatable bonds is 1. The van der Waals surface area contributed by atoms with E-state index >= 15 is 0 Å². The number of nitrogens with zero attached hydrogens (tertiary/aromatic N) is 3. The summed E-state index contributed by atoms with van der Waals surface area (Å²) in [6.45, 7) is 0. The quantitative estimate of drug-likeness (QED) is 0.515. The molecule has 12 heavy (non-hydrogen) atoms. The normalized spacial score (nSPS) is 9.92. The summed E-state index contributed by atoms with van der Waals surface area (Å²) in [6.07, 6.45) is 0. The molecule has 66 valence electrons. The molecule has 0 unspecified atom stereocenters. The summed E-state index contributed by atoms with van der Waals surface area (Å²) in [6, 6.07) is 0. The number of hydrogen-bond donors (Lipinski definition) is 0. The Balaban J connectivity index is 3.61. The SMILES string of the molecule is COc1nn(C)c(=O)n(C)c1=O. The molecule has 0 aliphatic rings. The van der Waals surface area contributed by atoms with Gasteiger partial charge in [0.25, 0.3) is 5.88 Å². The van der Waals surface area contributed by atoms with Gasteiger partial charge in [0, 0.05) is 14.1 Å². The van der Waals surface area contributed by atoms with Gasteiger partial charge in [-0.1, -0.05) is 0 Å². The first-order valence-corrected chi connectivity index (χ1v) is 3.26. The molecule has 0 N–H and O–H groups in total. The Hall–Kier alpha value is -1.59. The van der Waals surface area contributed by atoms with Crippen LogP contribution in [0.3, 0.4) is 0 Å². The van der Waals surface area contributed by atoms with Crippen LogP contribution >= 0.6 is 0 Å². The van der Waals surface area contributed by atoms with Crippen LogP contribution in [0.5, 0.6) is 5.88 Å². The van der Waals surface area contributed by atoms with E-state index in [1.165, 1.54) is 21.2 Å². The molecular weight excluding hydrogens is 162 g/mol. The van der Waals surface area contributed by atoms with Gasteiger partial charge in [-0.25, -0.2) is 9.48 Å². The van der Waals surface area contributed by atoms with Crippen molar-refractivity contribution in [3.8, 4) is 5.88 Å². The lowest BCUT2D eigenvalue weighted by molar-refractivity contribution is 0.363. The number of aryl methyl sites for hydroxylation is 1. The van der Waals surface area contributed by atoms with Gasteiger partial charge in [0.15, 0.2) is 0 Å². The van der Waals surface area contributed by atoms with Gasteiger partial charge in [0.1, 0.15) is 0 Å². The molecule has 0 aromatic carbocycles. The molecule has 0 radical (unpaired) electrons. The van der Waals surface area contributed by atoms with Crippen molar-refractivity contribution in [2.24, 2.45) is 14.1 Å². The number of ether oxygens (including phenoxy) is 1. The van der Waals surface area contributed by atoms with Crippen molar-refractivity contribution < 1.29 is 4.74 Å². The van der Waals surface area contributed by atoms with E-state index in [1.807, 2.05) is 0 Å². The Morgan fingerprint density at radius 3 is 2.42 bits per heavy atom. The molecule has 0 aliphatic heterocycles. The third-order valence-corrected chi connectivity index (χ3v) is 1.49.